The molecule has 1 fully saturated rings. The number of hydrogen-bond donors (Lipinski definition) is 19. The topological polar surface area (TPSA) is 506 Å². The molecule has 12 atom stereocenters. The van der Waals surface area contributed by atoms with Crippen molar-refractivity contribution in [3.63, 3.8) is 0 Å². The first-order valence-electron chi connectivity index (χ1n) is 30.1. The molecule has 0 unspecified atom stereocenters. The number of hydrogen-bond acceptors (Lipinski definition) is 18. The molecule has 0 spiro atoms. The summed E-state index contributed by atoms with van der Waals surface area (Å²) in [5, 5.41) is 50.5. The molecule has 87 heavy (non-hydrogen) atoms. The predicted molar refractivity (Wildman–Crippen MR) is 323 cm³/mol. The average molecular weight is 1230 g/mol. The Hall–Kier alpha value is -7.35. The van der Waals surface area contributed by atoms with Crippen molar-refractivity contribution in [2.45, 2.75) is 197 Å². The van der Waals surface area contributed by atoms with Crippen molar-refractivity contribution < 1.29 is 63.0 Å². The van der Waals surface area contributed by atoms with E-state index >= 15 is 0 Å². The van der Waals surface area contributed by atoms with Crippen molar-refractivity contribution >= 4 is 75.9 Å². The second kappa shape index (κ2) is 38.7. The molecule has 0 aliphatic carbocycles. The first-order chi connectivity index (χ1) is 41.4. The Labute approximate surface area is 507 Å². The summed E-state index contributed by atoms with van der Waals surface area (Å²) < 4.78 is 0. The highest BCUT2D eigenvalue weighted by Crippen LogP contribution is 2.20. The highest BCUT2D eigenvalue weighted by molar-refractivity contribution is 5.99. The molecule has 11 amide bonds. The smallest absolute Gasteiger partial charge is 0.245 e. The molecule has 3 rings (SSSR count). The van der Waals surface area contributed by atoms with Crippen LogP contribution in [0.15, 0.2) is 30.5 Å². The molecule has 24 N–H and O–H groups in total. The molecule has 2 heterocycles. The van der Waals surface area contributed by atoms with Gasteiger partial charge in [-0.2, -0.15) is 0 Å². The van der Waals surface area contributed by atoms with Gasteiger partial charge in [-0.05, 0) is 115 Å². The molecule has 30 nitrogen and oxygen atoms in total. The molecule has 1 aliphatic heterocycles. The van der Waals surface area contributed by atoms with Gasteiger partial charge in [0.15, 0.2) is 0 Å². The standard InChI is InChI=1S/C57H97N17O13/c1-6-7-8-9-10-15-45(77)65-37(16-22-58)52(82)74-47(33(5)76)57(87)70-40(19-25-61)49(79)69-42-21-27-63-56(86)46(32(4)75)73-53(83)41(20-26-62)67-48(78)38(17-23-59)68-54(84)43(28-31(2)3)71-55(85)44(72-50(80)39(18-24-60)66-51(42)81)29-34-30-64-36-14-12-11-13-35(34)36/h11-14,30-33,37-44,46-47,64,75-76H,6-10,15-29,58-62H2,1-5H3,(H,63,86)(H,65,77)(H,66,81)(H,67,78)(H,68,84)(H,69,79)(H,70,87)(H,71,85)(H,72,80)(H,73,83)(H,74,82)/t32-,33-,37+,38+,39+,40+,41+,42+,43+,44-,46+,47+/m1/s1. The number of aromatic amines is 1. The van der Waals surface area contributed by atoms with Crippen LogP contribution >= 0.6 is 0 Å². The molecule has 1 saturated heterocycles. The van der Waals surface area contributed by atoms with Gasteiger partial charge in [-0.15, -0.1) is 0 Å². The zero-order chi connectivity index (χ0) is 64.8. The van der Waals surface area contributed by atoms with E-state index in [1.807, 2.05) is 0 Å². The van der Waals surface area contributed by atoms with Crippen LogP contribution in [0.2, 0.25) is 0 Å². The molecule has 1 aromatic heterocycles. The van der Waals surface area contributed by atoms with Gasteiger partial charge in [0.2, 0.25) is 65.0 Å². The Balaban J connectivity index is 2.11. The summed E-state index contributed by atoms with van der Waals surface area (Å²) in [5.74, 6) is -10.0. The number of nitrogens with two attached hydrogens (primary N) is 5. The average Bonchev–Trinajstić information content (AvgIpc) is 2.48. The van der Waals surface area contributed by atoms with Gasteiger partial charge in [0.05, 0.1) is 12.2 Å². The van der Waals surface area contributed by atoms with E-state index in [1.165, 1.54) is 13.8 Å². The minimum Gasteiger partial charge on any atom is -0.391 e. The van der Waals surface area contributed by atoms with Crippen LogP contribution in [-0.2, 0) is 59.2 Å². The number of amides is 11. The number of unbranched alkanes of at least 4 members (excludes halogenated alkanes) is 4. The van der Waals surface area contributed by atoms with Gasteiger partial charge in [0.25, 0.3) is 0 Å². The summed E-state index contributed by atoms with van der Waals surface area (Å²) in [6.07, 6.45) is 1.57. The monoisotopic (exact) mass is 1230 g/mol. The van der Waals surface area contributed by atoms with Crippen molar-refractivity contribution in [1.82, 2.24) is 63.5 Å². The molecule has 0 bridgehead atoms. The molecular formula is C57H97N17O13. The number of aromatic nitrogens is 1. The minimum atomic E-state index is -1.70. The summed E-state index contributed by atoms with van der Waals surface area (Å²) in [6.45, 7) is 6.85. The van der Waals surface area contributed by atoms with Crippen molar-refractivity contribution in [3.05, 3.63) is 36.0 Å². The fourth-order valence-electron chi connectivity index (χ4n) is 9.70. The second-order valence-electron chi connectivity index (χ2n) is 22.3. The van der Waals surface area contributed by atoms with E-state index in [-0.39, 0.29) is 90.0 Å². The van der Waals surface area contributed by atoms with E-state index in [2.05, 4.69) is 70.4 Å². The quantitative estimate of drug-likeness (QED) is 0.0339. The Bertz CT molecular complexity index is 2580. The Morgan fingerprint density at radius 2 is 1.10 bits per heavy atom. The van der Waals surface area contributed by atoms with Crippen LogP contribution in [0.5, 0.6) is 0 Å². The van der Waals surface area contributed by atoms with Gasteiger partial charge in [0.1, 0.15) is 60.4 Å². The lowest BCUT2D eigenvalue weighted by atomic mass is 10.00. The van der Waals surface area contributed by atoms with Gasteiger partial charge < -0.3 is 102 Å². The Kier molecular flexibility index (Phi) is 32.9. The van der Waals surface area contributed by atoms with Gasteiger partial charge in [-0.1, -0.05) is 64.7 Å². The maximum atomic E-state index is 14.7. The molecule has 1 aliphatic rings. The van der Waals surface area contributed by atoms with E-state index in [9.17, 15) is 63.0 Å². The third-order valence-corrected chi connectivity index (χ3v) is 14.5. The number of nitrogens with one attached hydrogen (secondary N) is 12. The van der Waals surface area contributed by atoms with Crippen LogP contribution < -0.4 is 87.2 Å². The van der Waals surface area contributed by atoms with Crippen molar-refractivity contribution in [2.24, 2.45) is 34.6 Å². The van der Waals surface area contributed by atoms with E-state index in [0.29, 0.717) is 22.9 Å². The molecule has 1 aromatic carbocycles. The maximum absolute atomic E-state index is 14.7. The van der Waals surface area contributed by atoms with E-state index in [1.54, 1.807) is 44.3 Å². The van der Waals surface area contributed by atoms with E-state index < -0.39 is 151 Å². The lowest BCUT2D eigenvalue weighted by Crippen LogP contribution is -2.62. The summed E-state index contributed by atoms with van der Waals surface area (Å²) >= 11 is 0. The molecule has 2 aromatic rings. The zero-order valence-electron chi connectivity index (χ0n) is 50.8. The Morgan fingerprint density at radius 1 is 0.586 bits per heavy atom. The van der Waals surface area contributed by atoms with Crippen LogP contribution in [0.1, 0.15) is 124 Å². The predicted octanol–water partition coefficient (Wildman–Crippen LogP) is -5.01. The van der Waals surface area contributed by atoms with Crippen LogP contribution in [0, 0.1) is 5.92 Å². The van der Waals surface area contributed by atoms with Gasteiger partial charge in [0, 0.05) is 36.5 Å². The number of benzene rings is 1. The fourth-order valence-corrected chi connectivity index (χ4v) is 9.70. The number of carbonyl (C=O) groups excluding carboxylic acids is 11. The SMILES string of the molecule is CCCCCCCC(=O)N[C@@H](CCN)C(=O)N[C@H](C(=O)N[C@@H](CCN)C(=O)N[C@H]1CCNC(=O)[C@H]([C@@H](C)O)NC(=O)[C@H](CCN)NC(=O)[C@H](CCN)NC(=O)[C@H](CC(C)C)NC(=O)[C@@H](Cc2c[nH]c3ccccc23)NC(=O)[C@H](CCN)NC1=O)[C@@H](C)O. The molecule has 488 valence electrons. The summed E-state index contributed by atoms with van der Waals surface area (Å²) in [4.78, 5) is 158. The van der Waals surface area contributed by atoms with Crippen LogP contribution in [0.3, 0.4) is 0 Å². The zero-order valence-corrected chi connectivity index (χ0v) is 50.8. The normalized spacial score (nSPS) is 22.4. The number of H-pyrrole nitrogens is 1. The van der Waals surface area contributed by atoms with E-state index in [0.717, 1.165) is 25.7 Å². The van der Waals surface area contributed by atoms with Crippen molar-refractivity contribution in [1.29, 1.82) is 0 Å². The lowest BCUT2D eigenvalue weighted by molar-refractivity contribution is -0.137. The first-order valence-corrected chi connectivity index (χ1v) is 30.1. The van der Waals surface area contributed by atoms with Crippen molar-refractivity contribution in [2.75, 3.05) is 39.3 Å². The summed E-state index contributed by atoms with van der Waals surface area (Å²) in [5.41, 5.74) is 30.7. The lowest BCUT2D eigenvalue weighted by Gasteiger charge is -2.29. The number of carbonyl (C=O) groups is 11. The van der Waals surface area contributed by atoms with E-state index in [4.69, 9.17) is 28.7 Å². The van der Waals surface area contributed by atoms with Gasteiger partial charge >= 0.3 is 0 Å². The largest absolute Gasteiger partial charge is 0.391 e. The number of aliphatic hydroxyl groups excluding tert-OH is 2. The fraction of sp³-hybridized carbons (Fsp3) is 0.667. The molecule has 30 heteroatoms. The van der Waals surface area contributed by atoms with Crippen LogP contribution in [0.4, 0.5) is 0 Å². The molecule has 0 radical (unpaired) electrons. The molecular weight excluding hydrogens is 1130 g/mol. The van der Waals surface area contributed by atoms with Gasteiger partial charge in [-0.3, -0.25) is 52.7 Å². The van der Waals surface area contributed by atoms with Crippen LogP contribution in [-0.4, -0.2) is 192 Å². The minimum absolute atomic E-state index is 0.0170. The second-order valence-corrected chi connectivity index (χ2v) is 22.3. The number of rotatable bonds is 29. The number of fused-ring (bicyclic) bond motifs is 1. The third-order valence-electron chi connectivity index (χ3n) is 14.5. The van der Waals surface area contributed by atoms with Crippen LogP contribution in [0.25, 0.3) is 10.9 Å². The summed E-state index contributed by atoms with van der Waals surface area (Å²) in [6, 6.07) is -7.74. The molecule has 0 saturated carbocycles. The maximum Gasteiger partial charge on any atom is 0.245 e. The van der Waals surface area contributed by atoms with Gasteiger partial charge in [-0.25, -0.2) is 0 Å². The third kappa shape index (κ3) is 24.7. The number of para-hydroxylation sites is 1. The Morgan fingerprint density at radius 3 is 1.66 bits per heavy atom. The summed E-state index contributed by atoms with van der Waals surface area (Å²) in [7, 11) is 0. The first kappa shape index (κ1) is 73.9. The highest BCUT2D eigenvalue weighted by Gasteiger charge is 2.38. The highest BCUT2D eigenvalue weighted by atomic mass is 16.3. The number of aliphatic hydroxyl groups is 2. The van der Waals surface area contributed by atoms with Crippen molar-refractivity contribution in [3.8, 4) is 0 Å².